The molecular formula is C13H15FN2O2S2. The zero-order valence-corrected chi connectivity index (χ0v) is 12.7. The number of nitrogen functional groups attached to an aromatic ring is 1. The smallest absolute Gasteiger partial charge is 0.243 e. The summed E-state index contributed by atoms with van der Waals surface area (Å²) < 4.78 is 40.0. The number of halogens is 1. The molecule has 108 valence electrons. The van der Waals surface area contributed by atoms with E-state index in [1.807, 2.05) is 19.9 Å². The summed E-state index contributed by atoms with van der Waals surface area (Å²) in [4.78, 5) is 1.81. The Morgan fingerprint density at radius 1 is 1.35 bits per heavy atom. The van der Waals surface area contributed by atoms with Gasteiger partial charge in [0.25, 0.3) is 0 Å². The maximum Gasteiger partial charge on any atom is 0.243 e. The van der Waals surface area contributed by atoms with Gasteiger partial charge in [-0.3, -0.25) is 0 Å². The fraction of sp³-hybridized carbons (Fsp3) is 0.231. The first-order chi connectivity index (χ1) is 9.31. The largest absolute Gasteiger partial charge is 0.395 e. The summed E-state index contributed by atoms with van der Waals surface area (Å²) in [5, 5.41) is 0. The van der Waals surface area contributed by atoms with Gasteiger partial charge in [-0.2, -0.15) is 0 Å². The first kappa shape index (κ1) is 15.0. The zero-order valence-electron chi connectivity index (χ0n) is 11.1. The molecule has 0 aliphatic rings. The van der Waals surface area contributed by atoms with Gasteiger partial charge in [0.15, 0.2) is 0 Å². The summed E-state index contributed by atoms with van der Waals surface area (Å²) in [6, 6.07) is 5.66. The van der Waals surface area contributed by atoms with E-state index in [4.69, 9.17) is 5.73 Å². The number of sulfonamides is 1. The van der Waals surface area contributed by atoms with Gasteiger partial charge in [-0.15, -0.1) is 11.3 Å². The van der Waals surface area contributed by atoms with Gasteiger partial charge in [-0.1, -0.05) is 6.07 Å². The number of benzene rings is 1. The van der Waals surface area contributed by atoms with Crippen LogP contribution < -0.4 is 10.5 Å². The monoisotopic (exact) mass is 314 g/mol. The van der Waals surface area contributed by atoms with Gasteiger partial charge in [0, 0.05) is 16.3 Å². The number of hydrogen-bond acceptors (Lipinski definition) is 4. The number of nitrogens with one attached hydrogen (secondary N) is 1. The number of para-hydroxylation sites is 1. The Kier molecular flexibility index (Phi) is 4.12. The summed E-state index contributed by atoms with van der Waals surface area (Å²) >= 11 is 1.53. The van der Waals surface area contributed by atoms with Gasteiger partial charge in [-0.05, 0) is 37.6 Å². The van der Waals surface area contributed by atoms with E-state index in [2.05, 4.69) is 4.72 Å². The summed E-state index contributed by atoms with van der Waals surface area (Å²) in [7, 11) is -3.82. The summed E-state index contributed by atoms with van der Waals surface area (Å²) in [5.41, 5.74) is 6.23. The van der Waals surface area contributed by atoms with Crippen LogP contribution >= 0.6 is 11.3 Å². The van der Waals surface area contributed by atoms with Crippen LogP contribution in [0.2, 0.25) is 0 Å². The molecule has 3 N–H and O–H groups in total. The number of aryl methyl sites for hydroxylation is 2. The zero-order chi connectivity index (χ0) is 14.9. The van der Waals surface area contributed by atoms with Crippen LogP contribution in [0.5, 0.6) is 0 Å². The van der Waals surface area contributed by atoms with Crippen LogP contribution in [-0.4, -0.2) is 8.42 Å². The minimum atomic E-state index is -3.82. The molecule has 0 amide bonds. The molecule has 0 aliphatic heterocycles. The Morgan fingerprint density at radius 2 is 2.05 bits per heavy atom. The maximum absolute atomic E-state index is 13.3. The molecule has 1 heterocycles. The Balaban J connectivity index is 2.21. The first-order valence-corrected chi connectivity index (χ1v) is 8.21. The van der Waals surface area contributed by atoms with Crippen LogP contribution in [0.3, 0.4) is 0 Å². The maximum atomic E-state index is 13.3. The quantitative estimate of drug-likeness (QED) is 0.852. The molecule has 0 radical (unpaired) electrons. The summed E-state index contributed by atoms with van der Waals surface area (Å²) in [6.45, 7) is 4.11. The van der Waals surface area contributed by atoms with Crippen molar-refractivity contribution in [3.63, 3.8) is 0 Å². The molecule has 0 unspecified atom stereocenters. The van der Waals surface area contributed by atoms with Crippen molar-refractivity contribution in [1.82, 2.24) is 4.72 Å². The van der Waals surface area contributed by atoms with E-state index in [0.29, 0.717) is 0 Å². The van der Waals surface area contributed by atoms with Crippen LogP contribution in [0.25, 0.3) is 0 Å². The van der Waals surface area contributed by atoms with Gasteiger partial charge in [-0.25, -0.2) is 17.5 Å². The van der Waals surface area contributed by atoms with Crippen molar-refractivity contribution in [1.29, 1.82) is 0 Å². The highest BCUT2D eigenvalue weighted by Crippen LogP contribution is 2.23. The Hall–Kier alpha value is -1.44. The lowest BCUT2D eigenvalue weighted by atomic mass is 10.3. The number of nitrogens with two attached hydrogens (primary N) is 1. The highest BCUT2D eigenvalue weighted by atomic mass is 32.2. The van der Waals surface area contributed by atoms with Crippen molar-refractivity contribution in [3.05, 3.63) is 45.4 Å². The molecular weight excluding hydrogens is 299 g/mol. The topological polar surface area (TPSA) is 72.2 Å². The van der Waals surface area contributed by atoms with Crippen LogP contribution in [0.15, 0.2) is 29.2 Å². The van der Waals surface area contributed by atoms with Gasteiger partial charge >= 0.3 is 0 Å². The average Bonchev–Trinajstić information content (AvgIpc) is 2.70. The summed E-state index contributed by atoms with van der Waals surface area (Å²) in [5.74, 6) is -0.740. The second kappa shape index (κ2) is 5.51. The third kappa shape index (κ3) is 3.00. The molecule has 0 aliphatic carbocycles. The van der Waals surface area contributed by atoms with Crippen molar-refractivity contribution in [2.24, 2.45) is 0 Å². The Morgan fingerprint density at radius 3 is 2.65 bits per heavy atom. The molecule has 2 aromatic rings. The van der Waals surface area contributed by atoms with E-state index in [0.717, 1.165) is 21.4 Å². The Bertz CT molecular complexity index is 719. The van der Waals surface area contributed by atoms with Crippen LogP contribution in [0.1, 0.15) is 15.3 Å². The number of thiophene rings is 1. The van der Waals surface area contributed by atoms with Crippen molar-refractivity contribution in [2.45, 2.75) is 25.3 Å². The highest BCUT2D eigenvalue weighted by Gasteiger charge is 2.19. The molecule has 0 atom stereocenters. The van der Waals surface area contributed by atoms with E-state index in [1.54, 1.807) is 0 Å². The molecule has 0 spiro atoms. The second-order valence-electron chi connectivity index (χ2n) is 4.43. The fourth-order valence-corrected chi connectivity index (χ4v) is 3.96. The molecule has 1 aromatic heterocycles. The third-order valence-corrected chi connectivity index (χ3v) is 5.57. The number of hydrogen-bond donors (Lipinski definition) is 2. The molecule has 0 bridgehead atoms. The first-order valence-electron chi connectivity index (χ1n) is 5.91. The van der Waals surface area contributed by atoms with E-state index in [-0.39, 0.29) is 17.1 Å². The predicted octanol–water partition coefficient (Wildman–Crippen LogP) is 2.56. The fourth-order valence-electron chi connectivity index (χ4n) is 1.73. The molecule has 2 rings (SSSR count). The lowest BCUT2D eigenvalue weighted by Gasteiger charge is -2.08. The van der Waals surface area contributed by atoms with Crippen molar-refractivity contribution < 1.29 is 12.8 Å². The highest BCUT2D eigenvalue weighted by molar-refractivity contribution is 7.89. The van der Waals surface area contributed by atoms with Crippen molar-refractivity contribution in [3.8, 4) is 0 Å². The average molecular weight is 314 g/mol. The van der Waals surface area contributed by atoms with E-state index < -0.39 is 15.8 Å². The van der Waals surface area contributed by atoms with E-state index >= 15 is 0 Å². The molecule has 4 nitrogen and oxygen atoms in total. The van der Waals surface area contributed by atoms with E-state index in [1.165, 1.54) is 23.5 Å². The molecule has 1 aromatic carbocycles. The number of anilines is 1. The van der Waals surface area contributed by atoms with Gasteiger partial charge in [0.05, 0.1) is 5.69 Å². The minimum absolute atomic E-state index is 0.164. The second-order valence-corrected chi connectivity index (χ2v) is 7.50. The van der Waals surface area contributed by atoms with Crippen molar-refractivity contribution in [2.75, 3.05) is 5.73 Å². The minimum Gasteiger partial charge on any atom is -0.395 e. The number of rotatable bonds is 4. The molecule has 0 saturated carbocycles. The van der Waals surface area contributed by atoms with Gasteiger partial charge in [0.2, 0.25) is 10.0 Å². The SMILES string of the molecule is Cc1cc(CNS(=O)(=O)c2cccc(F)c2N)sc1C. The van der Waals surface area contributed by atoms with Crippen LogP contribution in [-0.2, 0) is 16.6 Å². The molecule has 7 heteroatoms. The predicted molar refractivity (Wildman–Crippen MR) is 78.6 cm³/mol. The van der Waals surface area contributed by atoms with Gasteiger partial charge < -0.3 is 5.73 Å². The Labute approximate surface area is 121 Å². The molecule has 20 heavy (non-hydrogen) atoms. The van der Waals surface area contributed by atoms with Gasteiger partial charge in [0.1, 0.15) is 10.7 Å². The standard InChI is InChI=1S/C13H15FN2O2S2/c1-8-6-10(19-9(8)2)7-16-20(17,18)12-5-3-4-11(14)13(12)15/h3-6,16H,7,15H2,1-2H3. The lowest BCUT2D eigenvalue weighted by molar-refractivity contribution is 0.579. The van der Waals surface area contributed by atoms with Crippen molar-refractivity contribution >= 4 is 27.0 Å². The molecule has 0 fully saturated rings. The van der Waals surface area contributed by atoms with Crippen LogP contribution in [0, 0.1) is 19.7 Å². The molecule has 0 saturated heterocycles. The van der Waals surface area contributed by atoms with Crippen LogP contribution in [0.4, 0.5) is 10.1 Å². The summed E-state index contributed by atoms with van der Waals surface area (Å²) in [6.07, 6.45) is 0. The lowest BCUT2D eigenvalue weighted by Crippen LogP contribution is -2.24. The van der Waals surface area contributed by atoms with E-state index in [9.17, 15) is 12.8 Å². The third-order valence-electron chi connectivity index (χ3n) is 2.96. The normalized spacial score (nSPS) is 11.8.